The van der Waals surface area contributed by atoms with E-state index in [1.165, 1.54) is 0 Å². The Kier molecular flexibility index (Phi) is 6.47. The maximum atomic E-state index is 12.2. The van der Waals surface area contributed by atoms with Crippen molar-refractivity contribution in [2.24, 2.45) is 0 Å². The molecule has 17 heavy (non-hydrogen) atoms. The third-order valence-electron chi connectivity index (χ3n) is 3.27. The lowest BCUT2D eigenvalue weighted by Gasteiger charge is -2.34. The van der Waals surface area contributed by atoms with Gasteiger partial charge in [-0.25, -0.2) is 0 Å². The largest absolute Gasteiger partial charge is 0.385 e. The molecule has 5 nitrogen and oxygen atoms in total. The van der Waals surface area contributed by atoms with Crippen molar-refractivity contribution in [2.45, 2.75) is 19.4 Å². The first-order valence-electron chi connectivity index (χ1n) is 6.35. The minimum atomic E-state index is -0.00959. The topological polar surface area (TPSA) is 44.8 Å². The van der Waals surface area contributed by atoms with Crippen LogP contribution in [0.1, 0.15) is 13.3 Å². The zero-order chi connectivity index (χ0) is 12.7. The fourth-order valence-electron chi connectivity index (χ4n) is 2.10. The Morgan fingerprint density at radius 1 is 1.47 bits per heavy atom. The number of methoxy groups -OCH3 is 1. The Balaban J connectivity index is 2.33. The normalized spacial score (nSPS) is 19.0. The van der Waals surface area contributed by atoms with E-state index in [0.717, 1.165) is 39.1 Å². The molecule has 0 aromatic heterocycles. The number of rotatable bonds is 6. The summed E-state index contributed by atoms with van der Waals surface area (Å²) in [5.41, 5.74) is 0. The molecule has 0 saturated carbocycles. The van der Waals surface area contributed by atoms with Crippen molar-refractivity contribution in [3.05, 3.63) is 0 Å². The van der Waals surface area contributed by atoms with Gasteiger partial charge < -0.3 is 15.0 Å². The number of nitrogens with zero attached hydrogens (tertiary/aromatic N) is 2. The number of hydrogen-bond donors (Lipinski definition) is 1. The monoisotopic (exact) mass is 243 g/mol. The molecule has 1 amide bonds. The molecule has 1 N–H and O–H groups in total. The number of carbonyl (C=O) groups is 1. The second-order valence-corrected chi connectivity index (χ2v) is 4.57. The van der Waals surface area contributed by atoms with Crippen molar-refractivity contribution < 1.29 is 9.53 Å². The fourth-order valence-corrected chi connectivity index (χ4v) is 2.10. The number of ether oxygens (including phenoxy) is 1. The first-order valence-corrected chi connectivity index (χ1v) is 6.35. The SMILES string of the molecule is COCCCN(C)C(=O)C(C)N1CCNCC1. The molecular weight excluding hydrogens is 218 g/mol. The Morgan fingerprint density at radius 3 is 2.71 bits per heavy atom. The second kappa shape index (κ2) is 7.63. The number of piperazine rings is 1. The molecule has 1 saturated heterocycles. The van der Waals surface area contributed by atoms with Gasteiger partial charge in [0.1, 0.15) is 0 Å². The lowest BCUT2D eigenvalue weighted by molar-refractivity contribution is -0.135. The minimum Gasteiger partial charge on any atom is -0.385 e. The summed E-state index contributed by atoms with van der Waals surface area (Å²) in [7, 11) is 3.56. The molecule has 1 aliphatic heterocycles. The lowest BCUT2D eigenvalue weighted by atomic mass is 10.2. The smallest absolute Gasteiger partial charge is 0.239 e. The van der Waals surface area contributed by atoms with Gasteiger partial charge in [-0.2, -0.15) is 0 Å². The highest BCUT2D eigenvalue weighted by molar-refractivity contribution is 5.81. The summed E-state index contributed by atoms with van der Waals surface area (Å²) in [6.45, 7) is 7.34. The van der Waals surface area contributed by atoms with Crippen LogP contribution in [0.4, 0.5) is 0 Å². The van der Waals surface area contributed by atoms with E-state index in [1.54, 1.807) is 7.11 Å². The van der Waals surface area contributed by atoms with E-state index in [0.29, 0.717) is 6.61 Å². The van der Waals surface area contributed by atoms with E-state index >= 15 is 0 Å². The van der Waals surface area contributed by atoms with Crippen LogP contribution in [0, 0.1) is 0 Å². The Morgan fingerprint density at radius 2 is 2.12 bits per heavy atom. The van der Waals surface area contributed by atoms with Crippen LogP contribution in [0.2, 0.25) is 0 Å². The Labute approximate surface area is 104 Å². The molecule has 0 bridgehead atoms. The summed E-state index contributed by atoms with van der Waals surface area (Å²) >= 11 is 0. The average molecular weight is 243 g/mol. The third-order valence-corrected chi connectivity index (χ3v) is 3.27. The number of nitrogens with one attached hydrogen (secondary N) is 1. The molecule has 1 fully saturated rings. The van der Waals surface area contributed by atoms with E-state index in [4.69, 9.17) is 4.74 Å². The molecule has 1 rings (SSSR count). The summed E-state index contributed by atoms with van der Waals surface area (Å²) in [6.07, 6.45) is 0.896. The summed E-state index contributed by atoms with van der Waals surface area (Å²) in [4.78, 5) is 16.2. The van der Waals surface area contributed by atoms with Crippen LogP contribution >= 0.6 is 0 Å². The molecule has 5 heteroatoms. The number of hydrogen-bond acceptors (Lipinski definition) is 4. The highest BCUT2D eigenvalue weighted by Gasteiger charge is 2.24. The van der Waals surface area contributed by atoms with Crippen molar-refractivity contribution in [1.82, 2.24) is 15.1 Å². The number of carbonyl (C=O) groups excluding carboxylic acids is 1. The van der Waals surface area contributed by atoms with Crippen LogP contribution in [0.15, 0.2) is 0 Å². The lowest BCUT2D eigenvalue weighted by Crippen LogP contribution is -2.53. The number of amides is 1. The molecular formula is C12H25N3O2. The maximum Gasteiger partial charge on any atom is 0.239 e. The first kappa shape index (κ1) is 14.4. The van der Waals surface area contributed by atoms with Crippen molar-refractivity contribution in [3.63, 3.8) is 0 Å². The predicted octanol–water partition coefficient (Wildman–Crippen LogP) is -0.225. The number of likely N-dealkylation sites (N-methyl/N-ethyl adjacent to an activating group) is 1. The molecule has 0 aromatic rings. The van der Waals surface area contributed by atoms with E-state index in [1.807, 2.05) is 18.9 Å². The van der Waals surface area contributed by atoms with Gasteiger partial charge in [-0.05, 0) is 13.3 Å². The zero-order valence-corrected chi connectivity index (χ0v) is 11.2. The van der Waals surface area contributed by atoms with E-state index in [2.05, 4.69) is 10.2 Å². The summed E-state index contributed by atoms with van der Waals surface area (Å²) in [5, 5.41) is 3.30. The zero-order valence-electron chi connectivity index (χ0n) is 11.2. The van der Waals surface area contributed by atoms with Gasteiger partial charge in [-0.15, -0.1) is 0 Å². The highest BCUT2D eigenvalue weighted by Crippen LogP contribution is 2.04. The molecule has 1 atom stereocenters. The van der Waals surface area contributed by atoms with Gasteiger partial charge in [0.05, 0.1) is 6.04 Å². The Bertz CT molecular complexity index is 230. The van der Waals surface area contributed by atoms with Gasteiger partial charge in [0.2, 0.25) is 5.91 Å². The van der Waals surface area contributed by atoms with E-state index < -0.39 is 0 Å². The van der Waals surface area contributed by atoms with Crippen LogP contribution in [0.25, 0.3) is 0 Å². The molecule has 100 valence electrons. The van der Waals surface area contributed by atoms with Crippen LogP contribution in [0.3, 0.4) is 0 Å². The fraction of sp³-hybridized carbons (Fsp3) is 0.917. The summed E-state index contributed by atoms with van der Waals surface area (Å²) in [5.74, 6) is 0.211. The third kappa shape index (κ3) is 4.61. The van der Waals surface area contributed by atoms with Gasteiger partial charge in [-0.1, -0.05) is 0 Å². The predicted molar refractivity (Wildman–Crippen MR) is 68.0 cm³/mol. The quantitative estimate of drug-likeness (QED) is 0.655. The molecule has 0 radical (unpaired) electrons. The molecule has 0 spiro atoms. The minimum absolute atomic E-state index is 0.00959. The van der Waals surface area contributed by atoms with Gasteiger partial charge in [-0.3, -0.25) is 9.69 Å². The molecule has 0 aliphatic carbocycles. The van der Waals surface area contributed by atoms with Crippen molar-refractivity contribution in [2.75, 3.05) is 53.5 Å². The van der Waals surface area contributed by atoms with Gasteiger partial charge in [0.25, 0.3) is 0 Å². The average Bonchev–Trinajstić information content (AvgIpc) is 2.38. The molecule has 0 aromatic carbocycles. The second-order valence-electron chi connectivity index (χ2n) is 4.57. The standard InChI is InChI=1S/C12H25N3O2/c1-11(15-8-5-13-6-9-15)12(16)14(2)7-4-10-17-3/h11,13H,4-10H2,1-3H3. The van der Waals surface area contributed by atoms with Gasteiger partial charge in [0.15, 0.2) is 0 Å². The van der Waals surface area contributed by atoms with Gasteiger partial charge in [0, 0.05) is 53.5 Å². The molecule has 1 unspecified atom stereocenters. The summed E-state index contributed by atoms with van der Waals surface area (Å²) in [6, 6.07) is -0.00959. The van der Waals surface area contributed by atoms with Crippen LogP contribution in [-0.2, 0) is 9.53 Å². The van der Waals surface area contributed by atoms with Crippen molar-refractivity contribution >= 4 is 5.91 Å². The van der Waals surface area contributed by atoms with Crippen LogP contribution in [0.5, 0.6) is 0 Å². The first-order chi connectivity index (χ1) is 8.16. The van der Waals surface area contributed by atoms with E-state index in [-0.39, 0.29) is 11.9 Å². The molecule has 1 heterocycles. The van der Waals surface area contributed by atoms with Crippen molar-refractivity contribution in [3.8, 4) is 0 Å². The van der Waals surface area contributed by atoms with Crippen LogP contribution < -0.4 is 5.32 Å². The molecule has 1 aliphatic rings. The Hall–Kier alpha value is -0.650. The van der Waals surface area contributed by atoms with Crippen molar-refractivity contribution in [1.29, 1.82) is 0 Å². The van der Waals surface area contributed by atoms with E-state index in [9.17, 15) is 4.79 Å². The highest BCUT2D eigenvalue weighted by atomic mass is 16.5. The van der Waals surface area contributed by atoms with Gasteiger partial charge >= 0.3 is 0 Å². The summed E-state index contributed by atoms with van der Waals surface area (Å²) < 4.78 is 4.99. The van der Waals surface area contributed by atoms with Crippen LogP contribution in [-0.4, -0.2) is 75.2 Å². The maximum absolute atomic E-state index is 12.2.